The second-order valence-electron chi connectivity index (χ2n) is 6.42. The van der Waals surface area contributed by atoms with Crippen LogP contribution in [-0.2, 0) is 4.74 Å². The third-order valence-corrected chi connectivity index (χ3v) is 4.69. The van der Waals surface area contributed by atoms with Gasteiger partial charge in [-0.05, 0) is 33.1 Å². The molecule has 0 bridgehead atoms. The number of rotatable bonds is 4. The Morgan fingerprint density at radius 2 is 1.92 bits per heavy atom. The fraction of sp³-hybridized carbons (Fsp3) is 0.938. The summed E-state index contributed by atoms with van der Waals surface area (Å²) in [5, 5.41) is 3.25. The molecule has 2 rings (SSSR count). The molecule has 2 fully saturated rings. The fourth-order valence-corrected chi connectivity index (χ4v) is 3.09. The Hall–Kier alpha value is -0.290. The van der Waals surface area contributed by atoms with Crippen LogP contribution in [0.1, 0.15) is 33.1 Å². The van der Waals surface area contributed by atoms with Crippen LogP contribution in [0.4, 0.5) is 13.2 Å². The summed E-state index contributed by atoms with van der Waals surface area (Å²) in [6.07, 6.45) is -0.692. The molecule has 2 atom stereocenters. The maximum absolute atomic E-state index is 12.8. The maximum Gasteiger partial charge on any atom is 0.403 e. The lowest BCUT2D eigenvalue weighted by Gasteiger charge is -2.39. The van der Waals surface area contributed by atoms with Crippen molar-refractivity contribution in [2.45, 2.75) is 51.4 Å². The summed E-state index contributed by atoms with van der Waals surface area (Å²) < 4.78 is 44.2. The van der Waals surface area contributed by atoms with Gasteiger partial charge in [-0.15, -0.1) is 24.0 Å². The third-order valence-electron chi connectivity index (χ3n) is 4.69. The Bertz CT molecular complexity index is 409. The number of hydrogen-bond acceptors (Lipinski definition) is 3. The van der Waals surface area contributed by atoms with Crippen molar-refractivity contribution in [3.05, 3.63) is 0 Å². The van der Waals surface area contributed by atoms with Crippen molar-refractivity contribution in [2.24, 2.45) is 4.99 Å². The molecule has 25 heavy (non-hydrogen) atoms. The predicted molar refractivity (Wildman–Crippen MR) is 104 cm³/mol. The van der Waals surface area contributed by atoms with Crippen molar-refractivity contribution in [3.63, 3.8) is 0 Å². The van der Waals surface area contributed by atoms with Gasteiger partial charge in [-0.2, -0.15) is 13.2 Å². The van der Waals surface area contributed by atoms with Crippen LogP contribution in [0.25, 0.3) is 0 Å². The molecule has 0 amide bonds. The standard InChI is InChI=1S/C16H29F3N4O.HI/c1-3-20-15(21-12-14-6-4-5-11-24-14)23-9-7-22(8-10-23)13(2)16(17,18)19;/h13-14H,3-12H2,1-2H3,(H,20,21);1H. The summed E-state index contributed by atoms with van der Waals surface area (Å²) >= 11 is 0. The number of alkyl halides is 3. The van der Waals surface area contributed by atoms with Gasteiger partial charge in [-0.25, -0.2) is 0 Å². The van der Waals surface area contributed by atoms with Gasteiger partial charge in [0.25, 0.3) is 0 Å². The number of aliphatic imine (C=N–C) groups is 1. The summed E-state index contributed by atoms with van der Waals surface area (Å²) in [4.78, 5) is 8.18. The van der Waals surface area contributed by atoms with Crippen LogP contribution in [0.2, 0.25) is 0 Å². The highest BCUT2D eigenvalue weighted by Crippen LogP contribution is 2.25. The topological polar surface area (TPSA) is 40.1 Å². The molecule has 2 unspecified atom stereocenters. The second kappa shape index (κ2) is 10.8. The van der Waals surface area contributed by atoms with Gasteiger partial charge >= 0.3 is 6.18 Å². The largest absolute Gasteiger partial charge is 0.403 e. The Balaban J connectivity index is 0.00000312. The van der Waals surface area contributed by atoms with Gasteiger partial charge in [0.2, 0.25) is 0 Å². The normalized spacial score (nSPS) is 24.6. The molecule has 2 aliphatic rings. The van der Waals surface area contributed by atoms with E-state index in [-0.39, 0.29) is 30.1 Å². The van der Waals surface area contributed by atoms with Crippen LogP contribution in [0.15, 0.2) is 4.99 Å². The van der Waals surface area contributed by atoms with Crippen molar-refractivity contribution in [1.29, 1.82) is 0 Å². The molecule has 0 saturated carbocycles. The fourth-order valence-electron chi connectivity index (χ4n) is 3.09. The van der Waals surface area contributed by atoms with Gasteiger partial charge in [0.15, 0.2) is 5.96 Å². The smallest absolute Gasteiger partial charge is 0.376 e. The van der Waals surface area contributed by atoms with E-state index in [0.29, 0.717) is 32.7 Å². The zero-order valence-corrected chi connectivity index (χ0v) is 17.3. The van der Waals surface area contributed by atoms with Crippen molar-refractivity contribution in [1.82, 2.24) is 15.1 Å². The second-order valence-corrected chi connectivity index (χ2v) is 6.42. The minimum Gasteiger partial charge on any atom is -0.376 e. The molecule has 2 heterocycles. The van der Waals surface area contributed by atoms with E-state index in [4.69, 9.17) is 4.74 Å². The Morgan fingerprint density at radius 3 is 2.44 bits per heavy atom. The van der Waals surface area contributed by atoms with Gasteiger partial charge in [-0.3, -0.25) is 9.89 Å². The first-order valence-electron chi connectivity index (χ1n) is 8.87. The number of piperazine rings is 1. The lowest BCUT2D eigenvalue weighted by atomic mass is 10.1. The molecule has 0 radical (unpaired) electrons. The molecule has 148 valence electrons. The van der Waals surface area contributed by atoms with Gasteiger partial charge in [0.1, 0.15) is 6.04 Å². The van der Waals surface area contributed by atoms with E-state index in [1.807, 2.05) is 11.8 Å². The molecule has 0 spiro atoms. The lowest BCUT2D eigenvalue weighted by Crippen LogP contribution is -2.56. The van der Waals surface area contributed by atoms with Crippen LogP contribution in [0.5, 0.6) is 0 Å². The highest BCUT2D eigenvalue weighted by molar-refractivity contribution is 14.0. The Kier molecular flexibility index (Phi) is 9.79. The monoisotopic (exact) mass is 478 g/mol. The molecular weight excluding hydrogens is 448 g/mol. The zero-order chi connectivity index (χ0) is 17.6. The van der Waals surface area contributed by atoms with Crippen LogP contribution < -0.4 is 5.32 Å². The van der Waals surface area contributed by atoms with E-state index < -0.39 is 12.2 Å². The summed E-state index contributed by atoms with van der Waals surface area (Å²) in [6.45, 7) is 7.27. The first-order valence-corrected chi connectivity index (χ1v) is 8.87. The van der Waals surface area contributed by atoms with E-state index >= 15 is 0 Å². The number of hydrogen-bond donors (Lipinski definition) is 1. The summed E-state index contributed by atoms with van der Waals surface area (Å²) in [6, 6.07) is -1.39. The van der Waals surface area contributed by atoms with Crippen LogP contribution in [0.3, 0.4) is 0 Å². The molecule has 5 nitrogen and oxygen atoms in total. The van der Waals surface area contributed by atoms with Crippen molar-refractivity contribution in [3.8, 4) is 0 Å². The molecule has 0 aromatic heterocycles. The highest BCUT2D eigenvalue weighted by atomic mass is 127. The van der Waals surface area contributed by atoms with Crippen LogP contribution in [-0.4, -0.2) is 80.0 Å². The summed E-state index contributed by atoms with van der Waals surface area (Å²) in [5.41, 5.74) is 0. The molecular formula is C16H30F3IN4O. The molecule has 0 aromatic carbocycles. The molecule has 0 aromatic rings. The number of ether oxygens (including phenoxy) is 1. The SMILES string of the molecule is CCNC(=NCC1CCCCO1)N1CCN(C(C)C(F)(F)F)CC1.I. The Morgan fingerprint density at radius 1 is 1.24 bits per heavy atom. The molecule has 2 aliphatic heterocycles. The van der Waals surface area contributed by atoms with Crippen molar-refractivity contribution in [2.75, 3.05) is 45.9 Å². The number of nitrogens with zero attached hydrogens (tertiary/aromatic N) is 3. The van der Waals surface area contributed by atoms with Gasteiger partial charge < -0.3 is 15.0 Å². The first kappa shape index (κ1) is 22.8. The molecule has 9 heteroatoms. The molecule has 0 aliphatic carbocycles. The zero-order valence-electron chi connectivity index (χ0n) is 15.0. The van der Waals surface area contributed by atoms with Crippen molar-refractivity contribution < 1.29 is 17.9 Å². The van der Waals surface area contributed by atoms with Gasteiger partial charge in [0.05, 0.1) is 12.6 Å². The first-order chi connectivity index (χ1) is 11.4. The quantitative estimate of drug-likeness (QED) is 0.384. The van der Waals surface area contributed by atoms with Crippen LogP contribution >= 0.6 is 24.0 Å². The van der Waals surface area contributed by atoms with E-state index in [1.165, 1.54) is 18.2 Å². The van der Waals surface area contributed by atoms with E-state index in [0.717, 1.165) is 32.0 Å². The Labute approximate surface area is 165 Å². The van der Waals surface area contributed by atoms with Crippen LogP contribution in [0, 0.1) is 0 Å². The summed E-state index contributed by atoms with van der Waals surface area (Å²) in [5.74, 6) is 0.783. The molecule has 2 saturated heterocycles. The predicted octanol–water partition coefficient (Wildman–Crippen LogP) is 2.71. The highest BCUT2D eigenvalue weighted by Gasteiger charge is 2.41. The summed E-state index contributed by atoms with van der Waals surface area (Å²) in [7, 11) is 0. The van der Waals surface area contributed by atoms with Gasteiger partial charge in [-0.1, -0.05) is 0 Å². The average Bonchev–Trinajstić information content (AvgIpc) is 2.58. The number of halogens is 4. The average molecular weight is 478 g/mol. The van der Waals surface area contributed by atoms with E-state index in [1.54, 1.807) is 0 Å². The maximum atomic E-state index is 12.8. The minimum atomic E-state index is -4.17. The number of guanidine groups is 1. The van der Waals surface area contributed by atoms with E-state index in [9.17, 15) is 13.2 Å². The van der Waals surface area contributed by atoms with E-state index in [2.05, 4.69) is 10.3 Å². The molecule has 1 N–H and O–H groups in total. The third kappa shape index (κ3) is 7.09. The van der Waals surface area contributed by atoms with Gasteiger partial charge in [0, 0.05) is 39.3 Å². The minimum absolute atomic E-state index is 0. The number of nitrogens with one attached hydrogen (secondary N) is 1. The van der Waals surface area contributed by atoms with Crippen molar-refractivity contribution >= 4 is 29.9 Å². The lowest BCUT2D eigenvalue weighted by molar-refractivity contribution is -0.181.